The zero-order valence-electron chi connectivity index (χ0n) is 19.7. The molecule has 1 N–H and O–H groups in total. The van der Waals surface area contributed by atoms with Gasteiger partial charge in [-0.05, 0) is 61.2 Å². The van der Waals surface area contributed by atoms with E-state index >= 15 is 0 Å². The Bertz CT molecular complexity index is 1430. The molecule has 3 heterocycles. The Kier molecular flexibility index (Phi) is 5.64. The highest BCUT2D eigenvalue weighted by molar-refractivity contribution is 6.10. The van der Waals surface area contributed by atoms with E-state index in [0.717, 1.165) is 22.3 Å². The molecule has 0 radical (unpaired) electrons. The number of hydrogen-bond acceptors (Lipinski definition) is 5. The number of carbonyl (C=O) groups is 2. The summed E-state index contributed by atoms with van der Waals surface area (Å²) >= 11 is 0. The molecular formula is C27H25N5O3. The SMILES string of the molecule is CC(C(=O)O)c1ccc(-c2ccc3c(c2)C(=O)N(c2cccc(-c4nncn4C(C)C)n2)C3)cc1. The predicted molar refractivity (Wildman–Crippen MR) is 132 cm³/mol. The third-order valence-corrected chi connectivity index (χ3v) is 6.40. The number of carboxylic acids is 1. The molecule has 8 nitrogen and oxygen atoms in total. The van der Waals surface area contributed by atoms with E-state index in [0.29, 0.717) is 29.4 Å². The van der Waals surface area contributed by atoms with Crippen molar-refractivity contribution in [3.63, 3.8) is 0 Å². The zero-order valence-corrected chi connectivity index (χ0v) is 19.7. The van der Waals surface area contributed by atoms with E-state index in [4.69, 9.17) is 4.98 Å². The molecule has 1 amide bonds. The first-order valence-electron chi connectivity index (χ1n) is 11.5. The van der Waals surface area contributed by atoms with Gasteiger partial charge in [-0.15, -0.1) is 10.2 Å². The molecule has 0 aliphatic carbocycles. The number of fused-ring (bicyclic) bond motifs is 1. The number of carboxylic acid groups (broad SMARTS) is 1. The van der Waals surface area contributed by atoms with Gasteiger partial charge in [0.1, 0.15) is 17.8 Å². The molecule has 35 heavy (non-hydrogen) atoms. The lowest BCUT2D eigenvalue weighted by molar-refractivity contribution is -0.138. The lowest BCUT2D eigenvalue weighted by Gasteiger charge is -2.16. The third kappa shape index (κ3) is 4.07. The highest BCUT2D eigenvalue weighted by Crippen LogP contribution is 2.32. The van der Waals surface area contributed by atoms with Crippen molar-refractivity contribution in [2.45, 2.75) is 39.3 Å². The normalized spacial score (nSPS) is 13.8. The van der Waals surface area contributed by atoms with Gasteiger partial charge in [0, 0.05) is 11.6 Å². The monoisotopic (exact) mass is 467 g/mol. The molecular weight excluding hydrogens is 442 g/mol. The number of hydrogen-bond donors (Lipinski definition) is 1. The van der Waals surface area contributed by atoms with Gasteiger partial charge in [-0.1, -0.05) is 42.5 Å². The van der Waals surface area contributed by atoms with Crippen molar-refractivity contribution in [1.82, 2.24) is 19.7 Å². The van der Waals surface area contributed by atoms with Crippen LogP contribution in [0.5, 0.6) is 0 Å². The van der Waals surface area contributed by atoms with Crippen LogP contribution in [0.15, 0.2) is 67.0 Å². The second-order valence-electron chi connectivity index (χ2n) is 8.98. The van der Waals surface area contributed by atoms with Gasteiger partial charge in [0.2, 0.25) is 0 Å². The van der Waals surface area contributed by atoms with Crippen LogP contribution in [0.2, 0.25) is 0 Å². The molecule has 176 valence electrons. The maximum atomic E-state index is 13.4. The molecule has 0 saturated carbocycles. The Morgan fingerprint density at radius 2 is 1.74 bits per heavy atom. The first-order chi connectivity index (χ1) is 16.8. The number of anilines is 1. The van der Waals surface area contributed by atoms with Gasteiger partial charge in [0.15, 0.2) is 5.82 Å². The van der Waals surface area contributed by atoms with Crippen molar-refractivity contribution in [3.05, 3.63) is 83.7 Å². The van der Waals surface area contributed by atoms with Crippen LogP contribution in [0, 0.1) is 0 Å². The molecule has 0 saturated heterocycles. The molecule has 1 aliphatic heterocycles. The molecule has 0 fully saturated rings. The molecule has 1 aliphatic rings. The van der Waals surface area contributed by atoms with Crippen molar-refractivity contribution in [1.29, 1.82) is 0 Å². The van der Waals surface area contributed by atoms with Crippen LogP contribution >= 0.6 is 0 Å². The molecule has 4 aromatic rings. The van der Waals surface area contributed by atoms with E-state index in [1.54, 1.807) is 18.2 Å². The summed E-state index contributed by atoms with van der Waals surface area (Å²) in [7, 11) is 0. The van der Waals surface area contributed by atoms with Gasteiger partial charge in [-0.3, -0.25) is 14.5 Å². The largest absolute Gasteiger partial charge is 0.481 e. The fourth-order valence-electron chi connectivity index (χ4n) is 4.27. The van der Waals surface area contributed by atoms with E-state index in [-0.39, 0.29) is 11.9 Å². The summed E-state index contributed by atoms with van der Waals surface area (Å²) in [4.78, 5) is 31.0. The van der Waals surface area contributed by atoms with Gasteiger partial charge in [0.05, 0.1) is 12.5 Å². The number of benzene rings is 2. The summed E-state index contributed by atoms with van der Waals surface area (Å²) in [5.41, 5.74) is 4.81. The fourth-order valence-corrected chi connectivity index (χ4v) is 4.27. The number of nitrogens with zero attached hydrogens (tertiary/aromatic N) is 5. The smallest absolute Gasteiger partial charge is 0.310 e. The number of aliphatic carboxylic acids is 1. The van der Waals surface area contributed by atoms with Gasteiger partial charge < -0.3 is 9.67 Å². The van der Waals surface area contributed by atoms with Gasteiger partial charge >= 0.3 is 5.97 Å². The number of aromatic nitrogens is 4. The Balaban J connectivity index is 1.42. The molecule has 2 aromatic heterocycles. The number of carbonyl (C=O) groups excluding carboxylic acids is 1. The third-order valence-electron chi connectivity index (χ3n) is 6.40. The molecule has 1 unspecified atom stereocenters. The van der Waals surface area contributed by atoms with Crippen LogP contribution in [0.1, 0.15) is 54.2 Å². The minimum absolute atomic E-state index is 0.104. The maximum Gasteiger partial charge on any atom is 0.310 e. The summed E-state index contributed by atoms with van der Waals surface area (Å²) in [5.74, 6) is -0.308. The van der Waals surface area contributed by atoms with Gasteiger partial charge in [-0.2, -0.15) is 0 Å². The molecule has 8 heteroatoms. The first kappa shape index (κ1) is 22.5. The fraction of sp³-hybridized carbons (Fsp3) is 0.222. The van der Waals surface area contributed by atoms with Crippen LogP contribution in [0.3, 0.4) is 0 Å². The molecule has 0 spiro atoms. The van der Waals surface area contributed by atoms with E-state index in [1.807, 2.05) is 65.2 Å². The first-order valence-corrected chi connectivity index (χ1v) is 11.5. The van der Waals surface area contributed by atoms with Crippen molar-refractivity contribution >= 4 is 17.7 Å². The summed E-state index contributed by atoms with van der Waals surface area (Å²) < 4.78 is 1.95. The second-order valence-corrected chi connectivity index (χ2v) is 8.98. The maximum absolute atomic E-state index is 13.4. The average molecular weight is 468 g/mol. The number of amides is 1. The van der Waals surface area contributed by atoms with Crippen molar-refractivity contribution in [2.24, 2.45) is 0 Å². The Morgan fingerprint density at radius 1 is 1.00 bits per heavy atom. The van der Waals surface area contributed by atoms with E-state index < -0.39 is 11.9 Å². The number of rotatable bonds is 6. The minimum Gasteiger partial charge on any atom is -0.481 e. The molecule has 2 aromatic carbocycles. The van der Waals surface area contributed by atoms with Crippen LogP contribution in [-0.2, 0) is 11.3 Å². The van der Waals surface area contributed by atoms with Crippen LogP contribution in [0.4, 0.5) is 5.82 Å². The van der Waals surface area contributed by atoms with Crippen LogP contribution in [0.25, 0.3) is 22.6 Å². The molecule has 5 rings (SSSR count). The standard InChI is InChI=1S/C27H25N5O3/c1-16(2)32-15-28-30-25(32)23-5-4-6-24(29-23)31-14-21-12-11-20(13-22(21)26(31)33)19-9-7-18(8-10-19)17(3)27(34)35/h4-13,15-17H,14H2,1-3H3,(H,34,35). The summed E-state index contributed by atoms with van der Waals surface area (Å²) in [6.45, 7) is 6.21. The highest BCUT2D eigenvalue weighted by atomic mass is 16.4. The topological polar surface area (TPSA) is 101 Å². The molecule has 0 bridgehead atoms. The zero-order chi connectivity index (χ0) is 24.7. The summed E-state index contributed by atoms with van der Waals surface area (Å²) in [6, 6.07) is 19.0. The van der Waals surface area contributed by atoms with Crippen molar-refractivity contribution in [3.8, 4) is 22.6 Å². The lowest BCUT2D eigenvalue weighted by atomic mass is 9.96. The number of pyridine rings is 1. The predicted octanol–water partition coefficient (Wildman–Crippen LogP) is 4.94. The van der Waals surface area contributed by atoms with E-state index in [1.165, 1.54) is 0 Å². The average Bonchev–Trinajstić information content (AvgIpc) is 3.49. The van der Waals surface area contributed by atoms with Crippen molar-refractivity contribution in [2.75, 3.05) is 4.90 Å². The van der Waals surface area contributed by atoms with E-state index in [9.17, 15) is 14.7 Å². The van der Waals surface area contributed by atoms with E-state index in [2.05, 4.69) is 24.0 Å². The summed E-state index contributed by atoms with van der Waals surface area (Å²) in [6.07, 6.45) is 1.68. The lowest BCUT2D eigenvalue weighted by Crippen LogP contribution is -2.24. The Morgan fingerprint density at radius 3 is 2.46 bits per heavy atom. The second kappa shape index (κ2) is 8.79. The van der Waals surface area contributed by atoms with Crippen LogP contribution < -0.4 is 4.90 Å². The molecule has 1 atom stereocenters. The van der Waals surface area contributed by atoms with Gasteiger partial charge in [0.25, 0.3) is 5.91 Å². The summed E-state index contributed by atoms with van der Waals surface area (Å²) in [5, 5.41) is 17.5. The Labute approximate surface area is 202 Å². The minimum atomic E-state index is -0.858. The van der Waals surface area contributed by atoms with Gasteiger partial charge in [-0.25, -0.2) is 4.98 Å². The van der Waals surface area contributed by atoms with Crippen molar-refractivity contribution < 1.29 is 14.7 Å². The highest BCUT2D eigenvalue weighted by Gasteiger charge is 2.30. The quantitative estimate of drug-likeness (QED) is 0.431. The Hall–Kier alpha value is -4.33. The van der Waals surface area contributed by atoms with Crippen LogP contribution in [-0.4, -0.2) is 36.7 Å².